The summed E-state index contributed by atoms with van der Waals surface area (Å²) < 4.78 is 46.8. The number of hydrogen-bond acceptors (Lipinski definition) is 4. The molecule has 9 heteroatoms. The van der Waals surface area contributed by atoms with Crippen LogP contribution in [0.3, 0.4) is 0 Å². The van der Waals surface area contributed by atoms with Gasteiger partial charge in [0.15, 0.2) is 0 Å². The molecular formula is C26H28F3N3O3. The number of rotatable bonds is 7. The fourth-order valence-corrected chi connectivity index (χ4v) is 4.53. The summed E-state index contributed by atoms with van der Waals surface area (Å²) in [5, 5.41) is 3.23. The van der Waals surface area contributed by atoms with E-state index in [1.165, 1.54) is 4.57 Å². The molecule has 6 nitrogen and oxygen atoms in total. The lowest BCUT2D eigenvalue weighted by Crippen LogP contribution is -2.37. The Morgan fingerprint density at radius 1 is 1.06 bits per heavy atom. The number of ether oxygens (including phenoxy) is 1. The largest absolute Gasteiger partial charge is 0.466 e. The first kappa shape index (κ1) is 24.6. The van der Waals surface area contributed by atoms with Gasteiger partial charge < -0.3 is 19.5 Å². The minimum absolute atomic E-state index is 0.00158. The smallest absolute Gasteiger partial charge is 0.431 e. The van der Waals surface area contributed by atoms with Gasteiger partial charge in [-0.25, -0.2) is 0 Å². The Morgan fingerprint density at radius 2 is 1.74 bits per heavy atom. The lowest BCUT2D eigenvalue weighted by atomic mass is 9.96. The van der Waals surface area contributed by atoms with Crippen molar-refractivity contribution >= 4 is 28.5 Å². The topological polar surface area (TPSA) is 63.6 Å². The third-order valence-electron chi connectivity index (χ3n) is 6.33. The molecule has 0 spiro atoms. The zero-order valence-corrected chi connectivity index (χ0v) is 19.5. The van der Waals surface area contributed by atoms with Crippen LogP contribution in [-0.2, 0) is 22.3 Å². The number of fused-ring (bicyclic) bond motifs is 1. The van der Waals surface area contributed by atoms with Gasteiger partial charge in [-0.3, -0.25) is 9.59 Å². The third-order valence-corrected chi connectivity index (χ3v) is 6.33. The first-order valence-electron chi connectivity index (χ1n) is 11.7. The molecule has 0 bridgehead atoms. The fraction of sp³-hybridized carbons (Fsp3) is 0.385. The summed E-state index contributed by atoms with van der Waals surface area (Å²) in [4.78, 5) is 26.7. The number of alkyl halides is 3. The molecule has 1 saturated heterocycles. The van der Waals surface area contributed by atoms with Crippen molar-refractivity contribution in [1.29, 1.82) is 0 Å². The van der Waals surface area contributed by atoms with E-state index >= 15 is 0 Å². The minimum Gasteiger partial charge on any atom is -0.466 e. The number of halogens is 3. The number of esters is 1. The highest BCUT2D eigenvalue weighted by atomic mass is 19.4. The van der Waals surface area contributed by atoms with E-state index in [9.17, 15) is 22.8 Å². The maximum absolute atomic E-state index is 13.5. The first-order chi connectivity index (χ1) is 16.8. The molecule has 2 heterocycles. The number of carbonyl (C=O) groups excluding carboxylic acids is 2. The average molecular weight is 488 g/mol. The monoisotopic (exact) mass is 487 g/mol. The highest BCUT2D eigenvalue weighted by molar-refractivity contribution is 5.94. The number of benzene rings is 2. The van der Waals surface area contributed by atoms with Crippen LogP contribution in [0.4, 0.5) is 18.9 Å². The number of hydrogen-bond donors (Lipinski definition) is 1. The van der Waals surface area contributed by atoms with E-state index in [1.807, 2.05) is 12.1 Å². The van der Waals surface area contributed by atoms with Gasteiger partial charge in [-0.2, -0.15) is 13.2 Å². The van der Waals surface area contributed by atoms with Gasteiger partial charge in [0.25, 0.3) is 5.91 Å². The molecule has 1 amide bonds. The number of nitrogens with one attached hydrogen (secondary N) is 1. The predicted molar refractivity (Wildman–Crippen MR) is 127 cm³/mol. The quantitative estimate of drug-likeness (QED) is 0.483. The number of amides is 1. The molecular weight excluding hydrogens is 459 g/mol. The molecule has 186 valence electrons. The van der Waals surface area contributed by atoms with Gasteiger partial charge in [0.05, 0.1) is 12.5 Å². The van der Waals surface area contributed by atoms with Crippen LogP contribution in [0.5, 0.6) is 0 Å². The third kappa shape index (κ3) is 5.61. The number of para-hydroxylation sites is 1. The van der Waals surface area contributed by atoms with Crippen LogP contribution in [0.15, 0.2) is 54.6 Å². The first-order valence-corrected chi connectivity index (χ1v) is 11.7. The van der Waals surface area contributed by atoms with Crippen molar-refractivity contribution in [1.82, 2.24) is 9.88 Å². The van der Waals surface area contributed by atoms with Crippen LogP contribution in [0, 0.1) is 5.92 Å². The van der Waals surface area contributed by atoms with Crippen molar-refractivity contribution in [2.75, 3.05) is 31.1 Å². The number of piperidine rings is 1. The van der Waals surface area contributed by atoms with E-state index in [-0.39, 0.29) is 30.9 Å². The lowest BCUT2D eigenvalue weighted by molar-refractivity contribution is -0.148. The summed E-state index contributed by atoms with van der Waals surface area (Å²) in [6, 6.07) is 14.9. The Labute approximate surface area is 201 Å². The van der Waals surface area contributed by atoms with E-state index in [0.29, 0.717) is 23.1 Å². The molecule has 1 fully saturated rings. The number of anilines is 1. The maximum Gasteiger partial charge on any atom is 0.431 e. The number of carbonyl (C=O) groups is 2. The Bertz CT molecular complexity index is 1180. The molecule has 0 radical (unpaired) electrons. The molecule has 35 heavy (non-hydrogen) atoms. The molecule has 1 aromatic heterocycles. The molecule has 0 saturated carbocycles. The van der Waals surface area contributed by atoms with Gasteiger partial charge in [0, 0.05) is 48.3 Å². The molecule has 0 atom stereocenters. The molecule has 1 aliphatic heterocycles. The van der Waals surface area contributed by atoms with Crippen LogP contribution in [0.2, 0.25) is 0 Å². The normalized spacial score (nSPS) is 14.8. The Morgan fingerprint density at radius 3 is 2.40 bits per heavy atom. The lowest BCUT2D eigenvalue weighted by Gasteiger charge is -2.32. The van der Waals surface area contributed by atoms with E-state index in [0.717, 1.165) is 37.7 Å². The molecule has 3 aromatic rings. The molecule has 2 aromatic carbocycles. The van der Waals surface area contributed by atoms with Crippen LogP contribution in [0.1, 0.15) is 35.8 Å². The van der Waals surface area contributed by atoms with Crippen molar-refractivity contribution in [3.8, 4) is 0 Å². The van der Waals surface area contributed by atoms with Crippen molar-refractivity contribution in [2.45, 2.75) is 32.5 Å². The minimum atomic E-state index is -4.48. The van der Waals surface area contributed by atoms with E-state index in [2.05, 4.69) is 10.2 Å². The van der Waals surface area contributed by atoms with E-state index in [1.54, 1.807) is 43.3 Å². The predicted octanol–water partition coefficient (Wildman–Crippen LogP) is 4.87. The summed E-state index contributed by atoms with van der Waals surface area (Å²) in [6.07, 6.45) is -3.05. The van der Waals surface area contributed by atoms with Crippen molar-refractivity contribution < 1.29 is 27.5 Å². The number of aromatic nitrogens is 1. The zero-order chi connectivity index (χ0) is 25.0. The summed E-state index contributed by atoms with van der Waals surface area (Å²) in [5.41, 5.74) is 1.13. The standard InChI is InChI=1S/C26H28F3N3O3/c1-2-35-25(34)19-11-14-31(15-12-19)21-9-7-18(8-10-21)24(33)30-13-16-32-22-6-4-3-5-20(22)17-23(32)26(27,28)29/h3-10,17,19H,2,11-16H2,1H3,(H,30,33). The second-order valence-electron chi connectivity index (χ2n) is 8.55. The van der Waals surface area contributed by atoms with Crippen LogP contribution < -0.4 is 10.2 Å². The molecule has 0 aliphatic carbocycles. The van der Waals surface area contributed by atoms with E-state index < -0.39 is 11.9 Å². The summed E-state index contributed by atoms with van der Waals surface area (Å²) in [6.45, 7) is 3.69. The fourth-order valence-electron chi connectivity index (χ4n) is 4.53. The Kier molecular flexibility index (Phi) is 7.33. The highest BCUT2D eigenvalue weighted by Gasteiger charge is 2.35. The van der Waals surface area contributed by atoms with Gasteiger partial charge >= 0.3 is 12.1 Å². The van der Waals surface area contributed by atoms with Crippen molar-refractivity contribution in [2.24, 2.45) is 5.92 Å². The zero-order valence-electron chi connectivity index (χ0n) is 19.5. The molecule has 4 rings (SSSR count). The van der Waals surface area contributed by atoms with E-state index in [4.69, 9.17) is 4.74 Å². The second kappa shape index (κ2) is 10.4. The van der Waals surface area contributed by atoms with Crippen LogP contribution >= 0.6 is 0 Å². The molecule has 0 unspecified atom stereocenters. The van der Waals surface area contributed by atoms with Gasteiger partial charge in [-0.1, -0.05) is 18.2 Å². The van der Waals surface area contributed by atoms with Gasteiger partial charge in [-0.15, -0.1) is 0 Å². The summed E-state index contributed by atoms with van der Waals surface area (Å²) in [7, 11) is 0. The molecule has 1 N–H and O–H groups in total. The molecule has 1 aliphatic rings. The summed E-state index contributed by atoms with van der Waals surface area (Å²) >= 11 is 0. The van der Waals surface area contributed by atoms with Crippen LogP contribution in [-0.4, -0.2) is 42.7 Å². The van der Waals surface area contributed by atoms with Crippen molar-refractivity contribution in [3.05, 3.63) is 65.9 Å². The Balaban J connectivity index is 1.34. The highest BCUT2D eigenvalue weighted by Crippen LogP contribution is 2.34. The maximum atomic E-state index is 13.5. The summed E-state index contributed by atoms with van der Waals surface area (Å²) in [5.74, 6) is -0.566. The van der Waals surface area contributed by atoms with Gasteiger partial charge in [0.2, 0.25) is 0 Å². The average Bonchev–Trinajstić information content (AvgIpc) is 3.24. The second-order valence-corrected chi connectivity index (χ2v) is 8.55. The van der Waals surface area contributed by atoms with Gasteiger partial charge in [-0.05, 0) is 56.2 Å². The SMILES string of the molecule is CCOC(=O)C1CCN(c2ccc(C(=O)NCCn3c(C(F)(F)F)cc4ccccc43)cc2)CC1. The van der Waals surface area contributed by atoms with Gasteiger partial charge in [0.1, 0.15) is 5.69 Å². The Hall–Kier alpha value is -3.49. The number of nitrogens with zero attached hydrogens (tertiary/aromatic N) is 2. The van der Waals surface area contributed by atoms with Crippen molar-refractivity contribution in [3.63, 3.8) is 0 Å². The van der Waals surface area contributed by atoms with Crippen LogP contribution in [0.25, 0.3) is 10.9 Å².